The maximum Gasteiger partial charge on any atom is 0.124 e. The van der Waals surface area contributed by atoms with Crippen LogP contribution in [0.1, 0.15) is 114 Å². The molecule has 1 unspecified atom stereocenters. The minimum Gasteiger partial charge on any atom is -0.507 e. The Kier molecular flexibility index (Phi) is 16.1. The van der Waals surface area contributed by atoms with Crippen LogP contribution >= 0.6 is 0 Å². The van der Waals surface area contributed by atoms with Gasteiger partial charge in [0.2, 0.25) is 0 Å². The van der Waals surface area contributed by atoms with Gasteiger partial charge in [-0.2, -0.15) is 0 Å². The second-order valence-corrected chi connectivity index (χ2v) is 9.93. The first-order chi connectivity index (χ1) is 17.7. The number of benzene rings is 2. The number of aromatic hydroxyl groups is 2. The highest BCUT2D eigenvalue weighted by molar-refractivity contribution is 5.84. The molecular weight excluding hydrogens is 444 g/mol. The molecule has 36 heavy (non-hydrogen) atoms. The summed E-state index contributed by atoms with van der Waals surface area (Å²) in [6.07, 6.45) is 23.4. The van der Waals surface area contributed by atoms with Crippen LogP contribution in [-0.4, -0.2) is 35.2 Å². The van der Waals surface area contributed by atoms with Gasteiger partial charge in [0.1, 0.15) is 11.5 Å². The lowest BCUT2D eigenvalue weighted by molar-refractivity contribution is 0.473. The number of aliphatic imine (C=N–C) groups is 2. The molecule has 0 saturated heterocycles. The molecule has 0 bridgehead atoms. The van der Waals surface area contributed by atoms with Gasteiger partial charge in [0.15, 0.2) is 0 Å². The fraction of sp³-hybridized carbons (Fsp3) is 0.562. The second-order valence-electron chi connectivity index (χ2n) is 9.93. The molecule has 0 aliphatic heterocycles. The van der Waals surface area contributed by atoms with Gasteiger partial charge in [0, 0.05) is 23.6 Å². The molecule has 2 rings (SSSR count). The molecule has 1 atom stereocenters. The maximum atomic E-state index is 10.0. The minimum absolute atomic E-state index is 0.0593. The third kappa shape index (κ3) is 13.5. The predicted molar refractivity (Wildman–Crippen MR) is 155 cm³/mol. The number of para-hydroxylation sites is 2. The van der Waals surface area contributed by atoms with Crippen molar-refractivity contribution in [3.63, 3.8) is 0 Å². The minimum atomic E-state index is 0.0593. The van der Waals surface area contributed by atoms with Crippen molar-refractivity contribution < 1.29 is 10.2 Å². The molecule has 2 aromatic carbocycles. The molecule has 4 nitrogen and oxygen atoms in total. The molecule has 2 N–H and O–H groups in total. The third-order valence-electron chi connectivity index (χ3n) is 6.74. The van der Waals surface area contributed by atoms with Crippen molar-refractivity contribution in [2.45, 2.75) is 109 Å². The van der Waals surface area contributed by atoms with Gasteiger partial charge in [0.25, 0.3) is 0 Å². The Labute approximate surface area is 219 Å². The van der Waals surface area contributed by atoms with Gasteiger partial charge >= 0.3 is 0 Å². The molecule has 4 heteroatoms. The van der Waals surface area contributed by atoms with Gasteiger partial charge in [-0.1, -0.05) is 121 Å². The molecule has 0 saturated carbocycles. The van der Waals surface area contributed by atoms with Crippen molar-refractivity contribution in [2.24, 2.45) is 9.98 Å². The maximum absolute atomic E-state index is 10.0. The standard InChI is InChI=1S/C32H48N2O2/c1-2-3-4-5-6-7-8-9-10-11-12-13-14-15-22-30(34-26-29-21-17-19-24-32(29)36)27-33-25-28-20-16-18-23-31(28)35/h16-21,23-26,30,35-36H,2-15,22,27H2,1H3. The summed E-state index contributed by atoms with van der Waals surface area (Å²) in [4.78, 5) is 9.31. The lowest BCUT2D eigenvalue weighted by Crippen LogP contribution is -2.10. The van der Waals surface area contributed by atoms with Crippen LogP contribution in [0.3, 0.4) is 0 Å². The summed E-state index contributed by atoms with van der Waals surface area (Å²) >= 11 is 0. The fourth-order valence-corrected chi connectivity index (χ4v) is 4.44. The third-order valence-corrected chi connectivity index (χ3v) is 6.74. The van der Waals surface area contributed by atoms with Crippen LogP contribution in [0.15, 0.2) is 58.5 Å². The highest BCUT2D eigenvalue weighted by atomic mass is 16.3. The number of phenolic OH excluding ortho intramolecular Hbond substituents is 2. The summed E-state index contributed by atoms with van der Waals surface area (Å²) < 4.78 is 0. The van der Waals surface area contributed by atoms with E-state index in [0.29, 0.717) is 6.54 Å². The van der Waals surface area contributed by atoms with E-state index in [2.05, 4.69) is 11.9 Å². The monoisotopic (exact) mass is 492 g/mol. The van der Waals surface area contributed by atoms with E-state index in [9.17, 15) is 10.2 Å². The molecule has 198 valence electrons. The van der Waals surface area contributed by atoms with Crippen molar-refractivity contribution in [2.75, 3.05) is 6.54 Å². The van der Waals surface area contributed by atoms with Crippen molar-refractivity contribution in [1.82, 2.24) is 0 Å². The molecule has 2 aromatic rings. The molecule has 0 amide bonds. The number of hydrogen-bond acceptors (Lipinski definition) is 4. The smallest absolute Gasteiger partial charge is 0.124 e. The van der Waals surface area contributed by atoms with E-state index in [4.69, 9.17) is 4.99 Å². The van der Waals surface area contributed by atoms with E-state index < -0.39 is 0 Å². The van der Waals surface area contributed by atoms with Crippen LogP contribution in [-0.2, 0) is 0 Å². The normalized spacial score (nSPS) is 12.6. The summed E-state index contributed by atoms with van der Waals surface area (Å²) in [6, 6.07) is 14.6. The zero-order valence-electron chi connectivity index (χ0n) is 22.5. The molecule has 0 aromatic heterocycles. The molecular formula is C32H48N2O2. The average molecular weight is 493 g/mol. The molecule has 0 heterocycles. The Balaban J connectivity index is 1.66. The first-order valence-electron chi connectivity index (χ1n) is 14.3. The zero-order chi connectivity index (χ0) is 25.7. The van der Waals surface area contributed by atoms with Gasteiger partial charge in [-0.15, -0.1) is 0 Å². The lowest BCUT2D eigenvalue weighted by atomic mass is 10.0. The van der Waals surface area contributed by atoms with Crippen LogP contribution in [0.2, 0.25) is 0 Å². The molecule has 0 fully saturated rings. The number of unbranched alkanes of at least 4 members (excludes halogenated alkanes) is 13. The SMILES string of the molecule is CCCCCCCCCCCCCCCCC(CN=Cc1ccccc1O)N=Cc1ccccc1O. The van der Waals surface area contributed by atoms with Crippen LogP contribution in [0, 0.1) is 0 Å². The van der Waals surface area contributed by atoms with Crippen LogP contribution < -0.4 is 0 Å². The first-order valence-corrected chi connectivity index (χ1v) is 14.3. The van der Waals surface area contributed by atoms with Gasteiger partial charge in [-0.05, 0) is 30.7 Å². The largest absolute Gasteiger partial charge is 0.507 e. The fourth-order valence-electron chi connectivity index (χ4n) is 4.44. The number of rotatable bonds is 20. The average Bonchev–Trinajstić information content (AvgIpc) is 2.89. The van der Waals surface area contributed by atoms with Crippen molar-refractivity contribution in [3.8, 4) is 11.5 Å². The quantitative estimate of drug-likeness (QED) is 0.143. The zero-order valence-corrected chi connectivity index (χ0v) is 22.5. The Hall–Kier alpha value is -2.62. The van der Waals surface area contributed by atoms with Gasteiger partial charge in [0.05, 0.1) is 12.6 Å². The summed E-state index contributed by atoms with van der Waals surface area (Å²) in [5.41, 5.74) is 1.45. The van der Waals surface area contributed by atoms with Crippen LogP contribution in [0.25, 0.3) is 0 Å². The topological polar surface area (TPSA) is 65.2 Å². The van der Waals surface area contributed by atoms with Crippen molar-refractivity contribution >= 4 is 12.4 Å². The van der Waals surface area contributed by atoms with Crippen LogP contribution in [0.5, 0.6) is 11.5 Å². The number of phenols is 2. The summed E-state index contributed by atoms with van der Waals surface area (Å²) in [7, 11) is 0. The highest BCUT2D eigenvalue weighted by Gasteiger charge is 2.06. The van der Waals surface area contributed by atoms with E-state index in [1.165, 1.54) is 83.5 Å². The van der Waals surface area contributed by atoms with Crippen molar-refractivity contribution in [1.29, 1.82) is 0 Å². The van der Waals surface area contributed by atoms with E-state index in [1.807, 2.05) is 36.4 Å². The molecule has 0 aliphatic carbocycles. The molecule has 0 spiro atoms. The summed E-state index contributed by atoms with van der Waals surface area (Å²) in [5.74, 6) is 0.483. The van der Waals surface area contributed by atoms with E-state index in [-0.39, 0.29) is 17.5 Å². The van der Waals surface area contributed by atoms with Gasteiger partial charge in [-0.25, -0.2) is 0 Å². The van der Waals surface area contributed by atoms with Crippen LogP contribution in [0.4, 0.5) is 0 Å². The lowest BCUT2D eigenvalue weighted by Gasteiger charge is -2.10. The van der Waals surface area contributed by atoms with E-state index in [1.54, 1.807) is 24.6 Å². The first kappa shape index (κ1) is 29.6. The predicted octanol–water partition coefficient (Wildman–Crippen LogP) is 8.88. The Morgan fingerprint density at radius 1 is 0.611 bits per heavy atom. The molecule has 0 aliphatic rings. The Bertz CT molecular complexity index is 878. The van der Waals surface area contributed by atoms with Gasteiger partial charge < -0.3 is 10.2 Å². The summed E-state index contributed by atoms with van der Waals surface area (Å²) in [6.45, 7) is 2.84. The number of hydrogen-bond donors (Lipinski definition) is 2. The number of nitrogens with zero attached hydrogens (tertiary/aromatic N) is 2. The van der Waals surface area contributed by atoms with Gasteiger partial charge in [-0.3, -0.25) is 9.98 Å². The molecule has 0 radical (unpaired) electrons. The Morgan fingerprint density at radius 2 is 1.06 bits per heavy atom. The highest BCUT2D eigenvalue weighted by Crippen LogP contribution is 2.17. The Morgan fingerprint density at radius 3 is 1.56 bits per heavy atom. The van der Waals surface area contributed by atoms with E-state index in [0.717, 1.165) is 24.0 Å². The van der Waals surface area contributed by atoms with Crippen molar-refractivity contribution in [3.05, 3.63) is 59.7 Å². The second kappa shape index (κ2) is 19.6. The summed E-state index contributed by atoms with van der Waals surface area (Å²) in [5, 5.41) is 20.0. The van der Waals surface area contributed by atoms with E-state index >= 15 is 0 Å².